The van der Waals surface area contributed by atoms with Crippen molar-refractivity contribution in [2.24, 2.45) is 0 Å². The SMILES string of the molecule is Fc1cc(Cl)ccc1-n1c(Cl)nnc1C1CC1. The van der Waals surface area contributed by atoms with Gasteiger partial charge in [0.15, 0.2) is 0 Å². The first-order valence-corrected chi connectivity index (χ1v) is 5.98. The summed E-state index contributed by atoms with van der Waals surface area (Å²) in [6, 6.07) is 4.45. The van der Waals surface area contributed by atoms with Gasteiger partial charge in [-0.1, -0.05) is 11.6 Å². The molecule has 1 aromatic carbocycles. The third-order valence-electron chi connectivity index (χ3n) is 2.74. The van der Waals surface area contributed by atoms with Gasteiger partial charge in [-0.2, -0.15) is 0 Å². The van der Waals surface area contributed by atoms with E-state index in [2.05, 4.69) is 10.2 Å². The Bertz CT molecular complexity index is 578. The highest BCUT2D eigenvalue weighted by atomic mass is 35.5. The van der Waals surface area contributed by atoms with Crippen LogP contribution in [-0.4, -0.2) is 14.8 Å². The lowest BCUT2D eigenvalue weighted by Crippen LogP contribution is -2.02. The van der Waals surface area contributed by atoms with Crippen molar-refractivity contribution in [1.29, 1.82) is 0 Å². The first-order chi connectivity index (χ1) is 8.16. The van der Waals surface area contributed by atoms with Crippen LogP contribution in [-0.2, 0) is 0 Å². The second-order valence-corrected chi connectivity index (χ2v) is 4.81. The summed E-state index contributed by atoms with van der Waals surface area (Å²) in [7, 11) is 0. The number of halogens is 3. The normalized spacial score (nSPS) is 15.2. The van der Waals surface area contributed by atoms with Crippen molar-refractivity contribution in [3.63, 3.8) is 0 Å². The number of benzene rings is 1. The van der Waals surface area contributed by atoms with Gasteiger partial charge >= 0.3 is 0 Å². The van der Waals surface area contributed by atoms with Crippen LogP contribution < -0.4 is 0 Å². The zero-order valence-electron chi connectivity index (χ0n) is 8.70. The molecule has 88 valence electrons. The van der Waals surface area contributed by atoms with Crippen LogP contribution in [0.4, 0.5) is 4.39 Å². The van der Waals surface area contributed by atoms with E-state index in [1.165, 1.54) is 6.07 Å². The zero-order valence-corrected chi connectivity index (χ0v) is 10.2. The second kappa shape index (κ2) is 3.96. The van der Waals surface area contributed by atoms with Crippen molar-refractivity contribution < 1.29 is 4.39 Å². The molecule has 0 aliphatic heterocycles. The van der Waals surface area contributed by atoms with Crippen molar-refractivity contribution in [1.82, 2.24) is 14.8 Å². The average Bonchev–Trinajstić information content (AvgIpc) is 3.04. The highest BCUT2D eigenvalue weighted by Gasteiger charge is 2.31. The molecule has 2 aromatic rings. The third kappa shape index (κ3) is 1.91. The van der Waals surface area contributed by atoms with E-state index in [0.717, 1.165) is 18.7 Å². The molecular formula is C11H8Cl2FN3. The first-order valence-electron chi connectivity index (χ1n) is 5.23. The summed E-state index contributed by atoms with van der Waals surface area (Å²) < 4.78 is 15.4. The Labute approximate surface area is 107 Å². The van der Waals surface area contributed by atoms with Gasteiger partial charge in [-0.15, -0.1) is 10.2 Å². The maximum Gasteiger partial charge on any atom is 0.229 e. The van der Waals surface area contributed by atoms with Gasteiger partial charge in [0.05, 0.1) is 5.69 Å². The Morgan fingerprint density at radius 3 is 2.65 bits per heavy atom. The van der Waals surface area contributed by atoms with Crippen molar-refractivity contribution in [2.45, 2.75) is 18.8 Å². The van der Waals surface area contributed by atoms with E-state index >= 15 is 0 Å². The number of hydrogen-bond acceptors (Lipinski definition) is 2. The summed E-state index contributed by atoms with van der Waals surface area (Å²) in [5.41, 5.74) is 0.339. The fourth-order valence-corrected chi connectivity index (χ4v) is 2.14. The topological polar surface area (TPSA) is 30.7 Å². The van der Waals surface area contributed by atoms with Crippen LogP contribution >= 0.6 is 23.2 Å². The molecule has 0 N–H and O–H groups in total. The lowest BCUT2D eigenvalue weighted by Gasteiger charge is -2.08. The molecule has 1 heterocycles. The molecule has 1 aliphatic carbocycles. The lowest BCUT2D eigenvalue weighted by atomic mass is 10.3. The first kappa shape index (κ1) is 11.0. The second-order valence-electron chi connectivity index (χ2n) is 4.03. The van der Waals surface area contributed by atoms with E-state index in [1.807, 2.05) is 0 Å². The maximum absolute atomic E-state index is 13.8. The summed E-state index contributed by atoms with van der Waals surface area (Å²) in [5.74, 6) is 0.627. The number of hydrogen-bond donors (Lipinski definition) is 0. The molecule has 1 aliphatic rings. The van der Waals surface area contributed by atoms with Crippen LogP contribution in [0.2, 0.25) is 10.3 Å². The van der Waals surface area contributed by atoms with Crippen molar-refractivity contribution in [3.8, 4) is 5.69 Å². The van der Waals surface area contributed by atoms with Crippen molar-refractivity contribution >= 4 is 23.2 Å². The molecular weight excluding hydrogens is 264 g/mol. The van der Waals surface area contributed by atoms with Crippen molar-refractivity contribution in [2.75, 3.05) is 0 Å². The Morgan fingerprint density at radius 1 is 1.24 bits per heavy atom. The van der Waals surface area contributed by atoms with E-state index in [4.69, 9.17) is 23.2 Å². The van der Waals surface area contributed by atoms with Gasteiger partial charge < -0.3 is 0 Å². The van der Waals surface area contributed by atoms with Gasteiger partial charge in [0.2, 0.25) is 5.28 Å². The summed E-state index contributed by atoms with van der Waals surface area (Å²) in [6.45, 7) is 0. The summed E-state index contributed by atoms with van der Waals surface area (Å²) in [4.78, 5) is 0. The highest BCUT2D eigenvalue weighted by Crippen LogP contribution is 2.41. The molecule has 0 spiro atoms. The smallest absolute Gasteiger partial charge is 0.229 e. The quantitative estimate of drug-likeness (QED) is 0.836. The molecule has 3 rings (SSSR count). The van der Waals surface area contributed by atoms with Gasteiger partial charge in [-0.3, -0.25) is 4.57 Å². The zero-order chi connectivity index (χ0) is 12.0. The van der Waals surface area contributed by atoms with Crippen LogP contribution in [0.1, 0.15) is 24.6 Å². The molecule has 0 unspecified atom stereocenters. The molecule has 1 saturated carbocycles. The fraction of sp³-hybridized carbons (Fsp3) is 0.273. The van der Waals surface area contributed by atoms with Crippen LogP contribution in [0.3, 0.4) is 0 Å². The Morgan fingerprint density at radius 2 is 2.00 bits per heavy atom. The van der Waals surface area contributed by atoms with E-state index in [0.29, 0.717) is 16.6 Å². The van der Waals surface area contributed by atoms with Crippen molar-refractivity contribution in [3.05, 3.63) is 40.1 Å². The van der Waals surface area contributed by atoms with Gasteiger partial charge in [0, 0.05) is 10.9 Å². The minimum absolute atomic E-state index is 0.174. The van der Waals surface area contributed by atoms with E-state index in [9.17, 15) is 4.39 Å². The van der Waals surface area contributed by atoms with Crippen LogP contribution in [0, 0.1) is 5.82 Å². The number of aromatic nitrogens is 3. The summed E-state index contributed by atoms with van der Waals surface area (Å²) in [6.07, 6.45) is 2.09. The molecule has 17 heavy (non-hydrogen) atoms. The molecule has 1 aromatic heterocycles. The van der Waals surface area contributed by atoms with Gasteiger partial charge in [0.1, 0.15) is 11.6 Å². The average molecular weight is 272 g/mol. The molecule has 1 fully saturated rings. The van der Waals surface area contributed by atoms with Crippen LogP contribution in [0.25, 0.3) is 5.69 Å². The standard InChI is InChI=1S/C11H8Cl2FN3/c12-7-3-4-9(8(14)5-7)17-10(6-1-2-6)15-16-11(17)13/h3-6H,1-2H2. The van der Waals surface area contributed by atoms with Gasteiger partial charge in [0.25, 0.3) is 0 Å². The van der Waals surface area contributed by atoms with Crippen LogP contribution in [0.5, 0.6) is 0 Å². The van der Waals surface area contributed by atoms with E-state index < -0.39 is 5.82 Å². The van der Waals surface area contributed by atoms with Gasteiger partial charge in [-0.25, -0.2) is 4.39 Å². The monoisotopic (exact) mass is 271 g/mol. The summed E-state index contributed by atoms with van der Waals surface area (Å²) >= 11 is 11.7. The largest absolute Gasteiger partial charge is 0.267 e. The van der Waals surface area contributed by atoms with E-state index in [1.54, 1.807) is 16.7 Å². The lowest BCUT2D eigenvalue weighted by molar-refractivity contribution is 0.615. The minimum Gasteiger partial charge on any atom is -0.267 e. The third-order valence-corrected chi connectivity index (χ3v) is 3.22. The molecule has 0 atom stereocenters. The number of nitrogens with zero attached hydrogens (tertiary/aromatic N) is 3. The molecule has 0 amide bonds. The predicted octanol–water partition coefficient (Wildman–Crippen LogP) is 3.59. The molecule has 6 heteroatoms. The minimum atomic E-state index is -0.430. The molecule has 0 saturated heterocycles. The highest BCUT2D eigenvalue weighted by molar-refractivity contribution is 6.30. The molecule has 0 radical (unpaired) electrons. The fourth-order valence-electron chi connectivity index (χ4n) is 1.77. The number of rotatable bonds is 2. The van der Waals surface area contributed by atoms with Crippen LogP contribution in [0.15, 0.2) is 18.2 Å². The molecule has 0 bridgehead atoms. The Balaban J connectivity index is 2.16. The molecule has 3 nitrogen and oxygen atoms in total. The predicted molar refractivity (Wildman–Crippen MR) is 63.3 cm³/mol. The van der Waals surface area contributed by atoms with Gasteiger partial charge in [-0.05, 0) is 42.6 Å². The summed E-state index contributed by atoms with van der Waals surface area (Å²) in [5, 5.41) is 8.32. The Hall–Kier alpha value is -1.13. The maximum atomic E-state index is 13.8. The van der Waals surface area contributed by atoms with E-state index in [-0.39, 0.29) is 5.28 Å². The Kier molecular flexibility index (Phi) is 2.56.